The lowest BCUT2D eigenvalue weighted by Crippen LogP contribution is -2.57. The molecule has 1 amide bonds. The van der Waals surface area contributed by atoms with Crippen molar-refractivity contribution >= 4 is 22.5 Å². The van der Waals surface area contributed by atoms with Crippen LogP contribution in [0.1, 0.15) is 79.2 Å². The van der Waals surface area contributed by atoms with E-state index < -0.39 is 0 Å². The number of fused-ring (bicyclic) bond motifs is 1. The molecule has 2 aliphatic rings. The van der Waals surface area contributed by atoms with Gasteiger partial charge in [-0.25, -0.2) is 0 Å². The highest BCUT2D eigenvalue weighted by molar-refractivity contribution is 6.05. The van der Waals surface area contributed by atoms with Crippen molar-refractivity contribution in [2.45, 2.75) is 97.5 Å². The van der Waals surface area contributed by atoms with Crippen LogP contribution in [-0.2, 0) is 24.8 Å². The number of benzene rings is 1. The second kappa shape index (κ2) is 12.0. The summed E-state index contributed by atoms with van der Waals surface area (Å²) in [5.41, 5.74) is 5.90. The number of H-pyrrole nitrogens is 1. The highest BCUT2D eigenvalue weighted by Gasteiger charge is 2.37. The van der Waals surface area contributed by atoms with Crippen LogP contribution in [0, 0.1) is 13.8 Å². The van der Waals surface area contributed by atoms with E-state index in [2.05, 4.69) is 46.0 Å². The Hall–Kier alpha value is -3.17. The second-order valence-corrected chi connectivity index (χ2v) is 12.2. The minimum Gasteiger partial charge on any atom is -0.379 e. The van der Waals surface area contributed by atoms with Crippen LogP contribution in [0.3, 0.4) is 0 Å². The van der Waals surface area contributed by atoms with E-state index in [0.717, 1.165) is 65.8 Å². The molecule has 2 N–H and O–H groups in total. The van der Waals surface area contributed by atoms with Gasteiger partial charge < -0.3 is 19.9 Å². The zero-order chi connectivity index (χ0) is 29.4. The van der Waals surface area contributed by atoms with Gasteiger partial charge in [-0.1, -0.05) is 6.92 Å². The number of aromatic amines is 1. The quantitative estimate of drug-likeness (QED) is 0.405. The van der Waals surface area contributed by atoms with Crippen molar-refractivity contribution < 1.29 is 9.53 Å². The molecule has 0 radical (unpaired) electrons. The van der Waals surface area contributed by atoms with Gasteiger partial charge in [0.15, 0.2) is 0 Å². The fraction of sp³-hybridized carbons (Fsp3) is 0.594. The summed E-state index contributed by atoms with van der Waals surface area (Å²) in [6.07, 6.45) is 7.64. The molecular weight excluding hydrogens is 516 g/mol. The van der Waals surface area contributed by atoms with Gasteiger partial charge >= 0.3 is 0 Å². The number of carbonyl (C=O) groups is 1. The molecule has 41 heavy (non-hydrogen) atoms. The molecule has 3 heterocycles. The van der Waals surface area contributed by atoms with Crippen molar-refractivity contribution in [3.8, 4) is 0 Å². The first-order valence-corrected chi connectivity index (χ1v) is 15.1. The standard InChI is InChI=1S/C32H46N6O3/c1-8-25-26(31(39)33-15-27-20(4)13-21(5)35-32(27)40)14-29-28(16-34-36(29)6)30(25)38(19(2)3)23-11-9-22(10-12-23)37-17-24(18-37)41-7/h13-14,16,19,22-24H,8-12,15,17-18H2,1-7H3,(H,33,39)(H,35,40). The summed E-state index contributed by atoms with van der Waals surface area (Å²) in [6.45, 7) is 12.7. The van der Waals surface area contributed by atoms with Gasteiger partial charge in [-0.2, -0.15) is 5.10 Å². The summed E-state index contributed by atoms with van der Waals surface area (Å²) in [7, 11) is 3.74. The lowest BCUT2D eigenvalue weighted by atomic mass is 9.86. The van der Waals surface area contributed by atoms with Gasteiger partial charge in [-0.3, -0.25) is 19.2 Å². The number of amides is 1. The number of rotatable bonds is 9. The largest absolute Gasteiger partial charge is 0.379 e. The van der Waals surface area contributed by atoms with Crippen molar-refractivity contribution in [3.05, 3.63) is 56.6 Å². The predicted molar refractivity (Wildman–Crippen MR) is 164 cm³/mol. The molecule has 2 aromatic heterocycles. The molecule has 0 atom stereocenters. The topological polar surface area (TPSA) is 95.5 Å². The molecule has 0 spiro atoms. The van der Waals surface area contributed by atoms with E-state index in [0.29, 0.717) is 29.3 Å². The Bertz CT molecular complexity index is 1460. The van der Waals surface area contributed by atoms with Gasteiger partial charge in [0.2, 0.25) is 0 Å². The third kappa shape index (κ3) is 5.66. The first-order valence-electron chi connectivity index (χ1n) is 15.1. The Balaban J connectivity index is 1.46. The number of ether oxygens (including phenoxy) is 1. The third-order valence-corrected chi connectivity index (χ3v) is 9.25. The average molecular weight is 563 g/mol. The van der Waals surface area contributed by atoms with Gasteiger partial charge in [0.25, 0.3) is 11.5 Å². The molecule has 1 aliphatic heterocycles. The molecule has 5 rings (SSSR count). The van der Waals surface area contributed by atoms with Crippen LogP contribution < -0.4 is 15.8 Å². The smallest absolute Gasteiger partial charge is 0.253 e. The van der Waals surface area contributed by atoms with E-state index in [1.165, 1.54) is 12.8 Å². The predicted octanol–water partition coefficient (Wildman–Crippen LogP) is 4.23. The monoisotopic (exact) mass is 562 g/mol. The van der Waals surface area contributed by atoms with Crippen LogP contribution in [0.15, 0.2) is 23.1 Å². The third-order valence-electron chi connectivity index (χ3n) is 9.25. The van der Waals surface area contributed by atoms with E-state index in [9.17, 15) is 9.59 Å². The maximum atomic E-state index is 13.8. The molecular formula is C32H46N6O3. The Morgan fingerprint density at radius 3 is 2.49 bits per heavy atom. The first-order chi connectivity index (χ1) is 19.6. The molecule has 3 aromatic rings. The molecule has 9 nitrogen and oxygen atoms in total. The average Bonchev–Trinajstić information content (AvgIpc) is 3.28. The van der Waals surface area contributed by atoms with Gasteiger partial charge in [0.1, 0.15) is 0 Å². The number of methoxy groups -OCH3 is 1. The summed E-state index contributed by atoms with van der Waals surface area (Å²) in [4.78, 5) is 34.4. The summed E-state index contributed by atoms with van der Waals surface area (Å²) >= 11 is 0. The minimum absolute atomic E-state index is 0.154. The molecule has 9 heteroatoms. The van der Waals surface area contributed by atoms with Gasteiger partial charge in [0.05, 0.1) is 23.5 Å². The van der Waals surface area contributed by atoms with Crippen LogP contribution in [0.5, 0.6) is 0 Å². The molecule has 1 saturated heterocycles. The Morgan fingerprint density at radius 2 is 1.88 bits per heavy atom. The Morgan fingerprint density at radius 1 is 1.17 bits per heavy atom. The van der Waals surface area contributed by atoms with Gasteiger partial charge in [-0.15, -0.1) is 0 Å². The van der Waals surface area contributed by atoms with Crippen LogP contribution in [0.25, 0.3) is 10.9 Å². The minimum atomic E-state index is -0.163. The van der Waals surface area contributed by atoms with E-state index in [1.807, 2.05) is 51.0 Å². The van der Waals surface area contributed by atoms with E-state index in [4.69, 9.17) is 4.74 Å². The number of aryl methyl sites for hydroxylation is 3. The van der Waals surface area contributed by atoms with E-state index >= 15 is 0 Å². The molecule has 0 unspecified atom stereocenters. The SMILES string of the molecule is CCc1c(C(=O)NCc2c(C)cc(C)[nH]c2=O)cc2c(cnn2C)c1N(C(C)C)C1CCC(N2CC(OC)C2)CC1. The number of nitrogens with zero attached hydrogens (tertiary/aromatic N) is 4. The van der Waals surface area contributed by atoms with Crippen molar-refractivity contribution in [1.29, 1.82) is 0 Å². The summed E-state index contributed by atoms with van der Waals surface area (Å²) in [5, 5.41) is 8.76. The molecule has 1 aliphatic carbocycles. The maximum absolute atomic E-state index is 13.8. The fourth-order valence-corrected chi connectivity index (χ4v) is 7.02. The Labute approximate surface area is 243 Å². The van der Waals surface area contributed by atoms with Crippen LogP contribution in [0.4, 0.5) is 5.69 Å². The zero-order valence-electron chi connectivity index (χ0n) is 25.7. The highest BCUT2D eigenvalue weighted by Crippen LogP contribution is 2.40. The van der Waals surface area contributed by atoms with E-state index in [1.54, 1.807) is 0 Å². The second-order valence-electron chi connectivity index (χ2n) is 12.2. The molecule has 2 fully saturated rings. The van der Waals surface area contributed by atoms with Crippen LogP contribution in [0.2, 0.25) is 0 Å². The van der Waals surface area contributed by atoms with Crippen molar-refractivity contribution in [1.82, 2.24) is 25.0 Å². The van der Waals surface area contributed by atoms with E-state index in [-0.39, 0.29) is 24.1 Å². The van der Waals surface area contributed by atoms with Crippen LogP contribution >= 0.6 is 0 Å². The highest BCUT2D eigenvalue weighted by atomic mass is 16.5. The molecule has 0 bridgehead atoms. The fourth-order valence-electron chi connectivity index (χ4n) is 7.02. The number of hydrogen-bond donors (Lipinski definition) is 2. The van der Waals surface area contributed by atoms with Crippen LogP contribution in [-0.4, -0.2) is 70.0 Å². The van der Waals surface area contributed by atoms with Crippen molar-refractivity contribution in [2.75, 3.05) is 25.1 Å². The zero-order valence-corrected chi connectivity index (χ0v) is 25.7. The maximum Gasteiger partial charge on any atom is 0.253 e. The number of likely N-dealkylation sites (tertiary alicyclic amines) is 1. The summed E-state index contributed by atoms with van der Waals surface area (Å²) < 4.78 is 7.36. The number of pyridine rings is 1. The lowest BCUT2D eigenvalue weighted by molar-refractivity contribution is -0.0579. The van der Waals surface area contributed by atoms with Gasteiger partial charge in [-0.05, 0) is 83.1 Å². The molecule has 1 aromatic carbocycles. The number of anilines is 1. The number of nitrogens with one attached hydrogen (secondary N) is 2. The Kier molecular flexibility index (Phi) is 8.57. The number of aromatic nitrogens is 3. The lowest BCUT2D eigenvalue weighted by Gasteiger charge is -2.48. The van der Waals surface area contributed by atoms with Crippen molar-refractivity contribution in [3.63, 3.8) is 0 Å². The first kappa shape index (κ1) is 29.3. The number of carbonyl (C=O) groups excluding carboxylic acids is 1. The molecule has 222 valence electrons. The number of hydrogen-bond acceptors (Lipinski definition) is 6. The summed E-state index contributed by atoms with van der Waals surface area (Å²) in [6, 6.07) is 5.19. The summed E-state index contributed by atoms with van der Waals surface area (Å²) in [5.74, 6) is -0.163. The normalized spacial score (nSPS) is 20.0. The van der Waals surface area contributed by atoms with Crippen molar-refractivity contribution in [2.24, 2.45) is 7.05 Å². The van der Waals surface area contributed by atoms with Gasteiger partial charge in [0, 0.05) is 74.1 Å². The molecule has 1 saturated carbocycles.